The van der Waals surface area contributed by atoms with Gasteiger partial charge >= 0.3 is 11.9 Å². The van der Waals surface area contributed by atoms with Crippen LogP contribution >= 0.6 is 0 Å². The lowest BCUT2D eigenvalue weighted by Crippen LogP contribution is -2.61. The molecule has 0 radical (unpaired) electrons. The maximum absolute atomic E-state index is 11.6. The van der Waals surface area contributed by atoms with Crippen molar-refractivity contribution in [2.45, 2.75) is 51.2 Å². The fourth-order valence-electron chi connectivity index (χ4n) is 2.56. The van der Waals surface area contributed by atoms with Crippen LogP contribution in [0.4, 0.5) is 5.69 Å². The largest absolute Gasteiger partial charge is 0.479 e. The van der Waals surface area contributed by atoms with E-state index >= 15 is 0 Å². The summed E-state index contributed by atoms with van der Waals surface area (Å²) in [7, 11) is 1.61. The van der Waals surface area contributed by atoms with E-state index in [0.717, 1.165) is 0 Å². The van der Waals surface area contributed by atoms with Crippen molar-refractivity contribution >= 4 is 17.6 Å². The number of ether oxygens (including phenoxy) is 3. The number of aliphatic hydroxyl groups is 3. The summed E-state index contributed by atoms with van der Waals surface area (Å²) in [5, 5.41) is 41.6. The summed E-state index contributed by atoms with van der Waals surface area (Å²) in [5.41, 5.74) is 1.14. The van der Waals surface area contributed by atoms with Gasteiger partial charge in [-0.2, -0.15) is 0 Å². The Balaban J connectivity index is 2.14. The smallest absolute Gasteiger partial charge is 0.335 e. The number of benzene rings is 1. The summed E-state index contributed by atoms with van der Waals surface area (Å²) in [6, 6.07) is 4.80. The second-order valence-electron chi connectivity index (χ2n) is 6.70. The van der Waals surface area contributed by atoms with Crippen LogP contribution in [0.2, 0.25) is 0 Å². The number of anilines is 1. The van der Waals surface area contributed by atoms with Gasteiger partial charge in [0.15, 0.2) is 6.10 Å². The summed E-state index contributed by atoms with van der Waals surface area (Å²) in [5.74, 6) is -1.88. The molecule has 1 aromatic carbocycles. The van der Waals surface area contributed by atoms with Crippen LogP contribution in [-0.4, -0.2) is 70.1 Å². The van der Waals surface area contributed by atoms with E-state index in [4.69, 9.17) is 19.3 Å². The molecule has 156 valence electrons. The number of carbonyl (C=O) groups excluding carboxylic acids is 1. The summed E-state index contributed by atoms with van der Waals surface area (Å²) in [6.07, 6.45) is -8.49. The third kappa shape index (κ3) is 4.90. The molecular formula is C18H25NO9. The van der Waals surface area contributed by atoms with Crippen LogP contribution in [0.1, 0.15) is 19.4 Å². The van der Waals surface area contributed by atoms with Gasteiger partial charge in [0, 0.05) is 7.05 Å². The number of carboxylic acid groups (broad SMARTS) is 1. The first kappa shape index (κ1) is 21.9. The predicted molar refractivity (Wildman–Crippen MR) is 95.6 cm³/mol. The summed E-state index contributed by atoms with van der Waals surface area (Å²) < 4.78 is 15.8. The molecule has 0 bridgehead atoms. The van der Waals surface area contributed by atoms with Gasteiger partial charge in [0.2, 0.25) is 6.29 Å². The van der Waals surface area contributed by atoms with Gasteiger partial charge in [0.25, 0.3) is 0 Å². The van der Waals surface area contributed by atoms with Crippen molar-refractivity contribution in [3.8, 4) is 5.75 Å². The third-order valence-electron chi connectivity index (χ3n) is 4.22. The zero-order chi connectivity index (χ0) is 21.0. The highest BCUT2D eigenvalue weighted by atomic mass is 16.7. The van der Waals surface area contributed by atoms with Crippen molar-refractivity contribution in [1.29, 1.82) is 0 Å². The molecule has 1 aromatic rings. The van der Waals surface area contributed by atoms with Crippen LogP contribution in [0.25, 0.3) is 0 Å². The van der Waals surface area contributed by atoms with E-state index in [1.54, 1.807) is 33.0 Å². The third-order valence-corrected chi connectivity index (χ3v) is 4.22. The zero-order valence-corrected chi connectivity index (χ0v) is 15.7. The van der Waals surface area contributed by atoms with Crippen LogP contribution in [0.15, 0.2) is 18.2 Å². The monoisotopic (exact) mass is 399 g/mol. The lowest BCUT2D eigenvalue weighted by atomic mass is 9.99. The standard InChI is InChI=1S/C18H25NO9/c1-8(2)17(25)26-7-9-4-5-11(10(6-9)19-3)27-18-14(22)12(20)13(21)15(28-18)16(23)24/h4-6,8,12-15,18-22H,7H2,1-3H3,(H,23,24)/t12-,13-,14+,15-,18+/m1/s1. The van der Waals surface area contributed by atoms with E-state index in [0.29, 0.717) is 11.3 Å². The Morgan fingerprint density at radius 3 is 2.43 bits per heavy atom. The van der Waals surface area contributed by atoms with Crippen molar-refractivity contribution in [2.75, 3.05) is 12.4 Å². The first-order valence-electron chi connectivity index (χ1n) is 8.72. The van der Waals surface area contributed by atoms with Crippen molar-refractivity contribution in [3.05, 3.63) is 23.8 Å². The fraction of sp³-hybridized carbons (Fsp3) is 0.556. The van der Waals surface area contributed by atoms with Gasteiger partial charge in [-0.1, -0.05) is 19.9 Å². The van der Waals surface area contributed by atoms with Crippen molar-refractivity contribution in [1.82, 2.24) is 0 Å². The molecule has 1 fully saturated rings. The molecule has 5 N–H and O–H groups in total. The van der Waals surface area contributed by atoms with Crippen molar-refractivity contribution in [2.24, 2.45) is 5.92 Å². The number of rotatable bonds is 7. The predicted octanol–water partition coefficient (Wildman–Crippen LogP) is -0.301. The minimum absolute atomic E-state index is 0.0561. The second kappa shape index (κ2) is 9.20. The van der Waals surface area contributed by atoms with E-state index in [1.165, 1.54) is 6.07 Å². The lowest BCUT2D eigenvalue weighted by Gasteiger charge is -2.38. The quantitative estimate of drug-likeness (QED) is 0.386. The van der Waals surface area contributed by atoms with Crippen LogP contribution in [0.3, 0.4) is 0 Å². The Kier molecular flexibility index (Phi) is 7.19. The van der Waals surface area contributed by atoms with Crippen LogP contribution in [-0.2, 0) is 25.7 Å². The number of hydrogen-bond donors (Lipinski definition) is 5. The molecule has 1 aliphatic rings. The minimum atomic E-state index is -1.80. The number of nitrogens with one attached hydrogen (secondary N) is 1. The van der Waals surface area contributed by atoms with Gasteiger partial charge < -0.3 is 40.0 Å². The Bertz CT molecular complexity index is 708. The van der Waals surface area contributed by atoms with Gasteiger partial charge in [-0.25, -0.2) is 4.79 Å². The Morgan fingerprint density at radius 1 is 1.18 bits per heavy atom. The number of carbonyl (C=O) groups is 2. The fourth-order valence-corrected chi connectivity index (χ4v) is 2.56. The first-order valence-corrected chi connectivity index (χ1v) is 8.72. The Labute approximate surface area is 161 Å². The lowest BCUT2D eigenvalue weighted by molar-refractivity contribution is -0.271. The minimum Gasteiger partial charge on any atom is -0.479 e. The van der Waals surface area contributed by atoms with Gasteiger partial charge in [-0.15, -0.1) is 0 Å². The molecule has 5 atom stereocenters. The number of aliphatic hydroxyl groups excluding tert-OH is 3. The summed E-state index contributed by atoms with van der Waals surface area (Å²) in [4.78, 5) is 22.8. The number of carboxylic acids is 1. The molecule has 0 amide bonds. The van der Waals surface area contributed by atoms with Gasteiger partial charge in [0.1, 0.15) is 30.7 Å². The maximum Gasteiger partial charge on any atom is 0.335 e. The summed E-state index contributed by atoms with van der Waals surface area (Å²) in [6.45, 7) is 3.51. The van der Waals surface area contributed by atoms with E-state index in [-0.39, 0.29) is 24.2 Å². The average Bonchev–Trinajstić information content (AvgIpc) is 2.66. The Hall–Kier alpha value is -2.40. The molecule has 2 rings (SSSR count). The highest BCUT2D eigenvalue weighted by molar-refractivity contribution is 5.73. The molecular weight excluding hydrogens is 374 g/mol. The number of aliphatic carboxylic acids is 1. The summed E-state index contributed by atoms with van der Waals surface area (Å²) >= 11 is 0. The molecule has 0 aromatic heterocycles. The zero-order valence-electron chi connectivity index (χ0n) is 15.7. The van der Waals surface area contributed by atoms with Crippen LogP contribution in [0.5, 0.6) is 5.75 Å². The van der Waals surface area contributed by atoms with Crippen LogP contribution < -0.4 is 10.1 Å². The molecule has 1 heterocycles. The maximum atomic E-state index is 11.6. The van der Waals surface area contributed by atoms with Crippen LogP contribution in [0, 0.1) is 5.92 Å². The SMILES string of the molecule is CNc1cc(COC(=O)C(C)C)ccc1O[C@H]1O[C@@H](C(=O)O)[C@H](O)[C@@H](O)[C@@H]1O. The van der Waals surface area contributed by atoms with E-state index in [2.05, 4.69) is 5.32 Å². The molecule has 0 spiro atoms. The topological polar surface area (TPSA) is 155 Å². The molecule has 0 unspecified atom stereocenters. The highest BCUT2D eigenvalue weighted by Gasteiger charge is 2.48. The van der Waals surface area contributed by atoms with E-state index in [9.17, 15) is 24.9 Å². The molecule has 10 nitrogen and oxygen atoms in total. The van der Waals surface area contributed by atoms with E-state index in [1.807, 2.05) is 0 Å². The molecule has 0 saturated carbocycles. The molecule has 0 aliphatic carbocycles. The molecule has 10 heteroatoms. The van der Waals surface area contributed by atoms with Crippen molar-refractivity contribution < 1.29 is 44.2 Å². The van der Waals surface area contributed by atoms with E-state index < -0.39 is 36.7 Å². The van der Waals surface area contributed by atoms with Gasteiger partial charge in [-0.05, 0) is 17.7 Å². The highest BCUT2D eigenvalue weighted by Crippen LogP contribution is 2.30. The van der Waals surface area contributed by atoms with Gasteiger partial charge in [-0.3, -0.25) is 4.79 Å². The molecule has 1 aliphatic heterocycles. The molecule has 28 heavy (non-hydrogen) atoms. The molecule has 1 saturated heterocycles. The van der Waals surface area contributed by atoms with Gasteiger partial charge in [0.05, 0.1) is 11.6 Å². The average molecular weight is 399 g/mol. The normalized spacial score (nSPS) is 27.3. The number of hydrogen-bond acceptors (Lipinski definition) is 9. The Morgan fingerprint density at radius 2 is 1.86 bits per heavy atom. The number of esters is 1. The second-order valence-corrected chi connectivity index (χ2v) is 6.70. The van der Waals surface area contributed by atoms with Crippen molar-refractivity contribution in [3.63, 3.8) is 0 Å². The first-order chi connectivity index (χ1) is 13.1.